The molecule has 0 saturated heterocycles. The number of aromatic nitrogens is 1. The van der Waals surface area contributed by atoms with Crippen LogP contribution in [-0.2, 0) is 16.1 Å². The SMILES string of the molecule is CCN(CC(=O)Nc1cccc(OC)c1)C(=O)Cn1c2ccccc2c(=O)c2ccccc21. The fourth-order valence-corrected chi connectivity index (χ4v) is 3.93. The number of ether oxygens (including phenoxy) is 1. The first kappa shape index (κ1) is 22.1. The number of likely N-dealkylation sites (N-methyl/N-ethyl adjacent to an activating group) is 1. The van der Waals surface area contributed by atoms with Gasteiger partial charge in [0.1, 0.15) is 12.3 Å². The summed E-state index contributed by atoms with van der Waals surface area (Å²) in [7, 11) is 1.56. The average Bonchev–Trinajstić information content (AvgIpc) is 2.85. The number of benzene rings is 3. The van der Waals surface area contributed by atoms with E-state index in [1.165, 1.54) is 4.90 Å². The molecule has 33 heavy (non-hydrogen) atoms. The van der Waals surface area contributed by atoms with Crippen LogP contribution in [0, 0.1) is 0 Å². The number of anilines is 1. The van der Waals surface area contributed by atoms with Crippen LogP contribution in [0.4, 0.5) is 5.69 Å². The van der Waals surface area contributed by atoms with Crippen LogP contribution in [-0.4, -0.2) is 41.5 Å². The fraction of sp³-hybridized carbons (Fsp3) is 0.192. The predicted molar refractivity (Wildman–Crippen MR) is 130 cm³/mol. The van der Waals surface area contributed by atoms with Gasteiger partial charge in [-0.3, -0.25) is 14.4 Å². The smallest absolute Gasteiger partial charge is 0.243 e. The molecule has 1 heterocycles. The molecule has 7 nitrogen and oxygen atoms in total. The van der Waals surface area contributed by atoms with Gasteiger partial charge in [-0.2, -0.15) is 0 Å². The fourth-order valence-electron chi connectivity index (χ4n) is 3.93. The van der Waals surface area contributed by atoms with Crippen molar-refractivity contribution in [2.24, 2.45) is 0 Å². The molecule has 1 aromatic heterocycles. The van der Waals surface area contributed by atoms with Gasteiger partial charge < -0.3 is 19.5 Å². The highest BCUT2D eigenvalue weighted by Gasteiger charge is 2.19. The maximum atomic E-state index is 13.2. The second-order valence-corrected chi connectivity index (χ2v) is 7.64. The predicted octanol–water partition coefficient (Wildman–Crippen LogP) is 3.65. The van der Waals surface area contributed by atoms with Crippen LogP contribution in [0.3, 0.4) is 0 Å². The first-order valence-electron chi connectivity index (χ1n) is 10.7. The summed E-state index contributed by atoms with van der Waals surface area (Å²) in [6.07, 6.45) is 0. The lowest BCUT2D eigenvalue weighted by molar-refractivity contribution is -0.134. The standard InChI is InChI=1S/C26H25N3O4/c1-3-28(16-24(30)27-18-9-8-10-19(15-18)33-2)25(31)17-29-22-13-6-4-11-20(22)26(32)21-12-5-7-14-23(21)29/h4-15H,3,16-17H2,1-2H3,(H,27,30). The van der Waals surface area contributed by atoms with Gasteiger partial charge in [0, 0.05) is 29.1 Å². The van der Waals surface area contributed by atoms with Gasteiger partial charge in [0.25, 0.3) is 0 Å². The number of amides is 2. The zero-order valence-corrected chi connectivity index (χ0v) is 18.6. The largest absolute Gasteiger partial charge is 0.497 e. The molecule has 4 rings (SSSR count). The Balaban J connectivity index is 1.59. The third-order valence-electron chi connectivity index (χ3n) is 5.59. The minimum absolute atomic E-state index is 0.0155. The molecule has 0 fully saturated rings. The van der Waals surface area contributed by atoms with Crippen molar-refractivity contribution in [3.05, 3.63) is 83.0 Å². The molecular formula is C26H25N3O4. The number of nitrogens with zero attached hydrogens (tertiary/aromatic N) is 2. The molecule has 2 amide bonds. The van der Waals surface area contributed by atoms with E-state index in [2.05, 4.69) is 5.32 Å². The van der Waals surface area contributed by atoms with Crippen LogP contribution < -0.4 is 15.5 Å². The summed E-state index contributed by atoms with van der Waals surface area (Å²) in [6, 6.07) is 21.6. The van der Waals surface area contributed by atoms with Gasteiger partial charge in [-0.25, -0.2) is 0 Å². The van der Waals surface area contributed by atoms with Crippen LogP contribution in [0.15, 0.2) is 77.6 Å². The van der Waals surface area contributed by atoms with E-state index in [4.69, 9.17) is 4.74 Å². The molecule has 0 saturated carbocycles. The summed E-state index contributed by atoms with van der Waals surface area (Å²) >= 11 is 0. The molecule has 0 atom stereocenters. The number of rotatable bonds is 7. The van der Waals surface area contributed by atoms with E-state index in [1.54, 1.807) is 43.5 Å². The zero-order chi connectivity index (χ0) is 23.4. The first-order valence-corrected chi connectivity index (χ1v) is 10.7. The van der Waals surface area contributed by atoms with E-state index in [9.17, 15) is 14.4 Å². The van der Waals surface area contributed by atoms with Crippen molar-refractivity contribution in [2.75, 3.05) is 25.5 Å². The average molecular weight is 444 g/mol. The number of para-hydroxylation sites is 2. The summed E-state index contributed by atoms with van der Waals surface area (Å²) in [5.41, 5.74) is 1.91. The maximum absolute atomic E-state index is 13.2. The molecule has 4 aromatic rings. The molecule has 0 radical (unpaired) electrons. The summed E-state index contributed by atoms with van der Waals surface area (Å²) in [5.74, 6) is 0.124. The lowest BCUT2D eigenvalue weighted by Gasteiger charge is -2.22. The Labute approximate surface area is 191 Å². The Kier molecular flexibility index (Phi) is 6.40. The summed E-state index contributed by atoms with van der Waals surface area (Å²) in [5, 5.41) is 3.92. The third kappa shape index (κ3) is 4.57. The second-order valence-electron chi connectivity index (χ2n) is 7.64. The molecule has 0 aliphatic rings. The van der Waals surface area contributed by atoms with Gasteiger partial charge in [-0.1, -0.05) is 30.3 Å². The normalized spacial score (nSPS) is 10.8. The minimum Gasteiger partial charge on any atom is -0.497 e. The molecule has 7 heteroatoms. The van der Waals surface area contributed by atoms with Gasteiger partial charge in [-0.15, -0.1) is 0 Å². The van der Waals surface area contributed by atoms with Crippen LogP contribution in [0.5, 0.6) is 5.75 Å². The lowest BCUT2D eigenvalue weighted by Crippen LogP contribution is -2.39. The van der Waals surface area contributed by atoms with E-state index in [-0.39, 0.29) is 30.3 Å². The summed E-state index contributed by atoms with van der Waals surface area (Å²) in [4.78, 5) is 40.3. The van der Waals surface area contributed by atoms with E-state index in [0.29, 0.717) is 39.8 Å². The van der Waals surface area contributed by atoms with Crippen molar-refractivity contribution in [3.63, 3.8) is 0 Å². The number of fused-ring (bicyclic) bond motifs is 2. The molecule has 1 N–H and O–H groups in total. The Morgan fingerprint density at radius 2 is 1.58 bits per heavy atom. The number of carbonyl (C=O) groups excluding carboxylic acids is 2. The third-order valence-corrected chi connectivity index (χ3v) is 5.59. The number of methoxy groups -OCH3 is 1. The highest BCUT2D eigenvalue weighted by Crippen LogP contribution is 2.20. The van der Waals surface area contributed by atoms with E-state index in [1.807, 2.05) is 47.9 Å². The molecule has 0 spiro atoms. The number of carbonyl (C=O) groups is 2. The van der Waals surface area contributed by atoms with Gasteiger partial charge >= 0.3 is 0 Å². The number of nitrogens with one attached hydrogen (secondary N) is 1. The quantitative estimate of drug-likeness (QED) is 0.442. The van der Waals surface area contributed by atoms with Crippen LogP contribution >= 0.6 is 0 Å². The highest BCUT2D eigenvalue weighted by atomic mass is 16.5. The van der Waals surface area contributed by atoms with Crippen LogP contribution in [0.1, 0.15) is 6.92 Å². The van der Waals surface area contributed by atoms with Crippen LogP contribution in [0.25, 0.3) is 21.8 Å². The van der Waals surface area contributed by atoms with Crippen molar-refractivity contribution in [1.82, 2.24) is 9.47 Å². The van der Waals surface area contributed by atoms with Gasteiger partial charge in [0.15, 0.2) is 5.43 Å². The molecule has 168 valence electrons. The molecule has 0 aliphatic carbocycles. The zero-order valence-electron chi connectivity index (χ0n) is 18.6. The minimum atomic E-state index is -0.298. The Morgan fingerprint density at radius 3 is 2.18 bits per heavy atom. The van der Waals surface area contributed by atoms with E-state index >= 15 is 0 Å². The number of pyridine rings is 1. The van der Waals surface area contributed by atoms with E-state index in [0.717, 1.165) is 0 Å². The van der Waals surface area contributed by atoms with Gasteiger partial charge in [0.2, 0.25) is 11.8 Å². The number of hydrogen-bond donors (Lipinski definition) is 1. The molecule has 3 aromatic carbocycles. The van der Waals surface area contributed by atoms with Crippen molar-refractivity contribution in [2.45, 2.75) is 13.5 Å². The van der Waals surface area contributed by atoms with Crippen molar-refractivity contribution < 1.29 is 14.3 Å². The monoisotopic (exact) mass is 443 g/mol. The summed E-state index contributed by atoms with van der Waals surface area (Å²) in [6.45, 7) is 2.14. The van der Waals surface area contributed by atoms with Crippen molar-refractivity contribution >= 4 is 39.3 Å². The van der Waals surface area contributed by atoms with Crippen molar-refractivity contribution in [3.8, 4) is 5.75 Å². The second kappa shape index (κ2) is 9.56. The maximum Gasteiger partial charge on any atom is 0.243 e. The highest BCUT2D eigenvalue weighted by molar-refractivity contribution is 5.97. The van der Waals surface area contributed by atoms with Gasteiger partial charge in [0.05, 0.1) is 24.7 Å². The van der Waals surface area contributed by atoms with Gasteiger partial charge in [-0.05, 0) is 43.3 Å². The lowest BCUT2D eigenvalue weighted by atomic mass is 10.1. The van der Waals surface area contributed by atoms with E-state index < -0.39 is 0 Å². The van der Waals surface area contributed by atoms with Crippen molar-refractivity contribution in [1.29, 1.82) is 0 Å². The molecule has 0 bridgehead atoms. The Bertz CT molecular complexity index is 1330. The topological polar surface area (TPSA) is 80.6 Å². The number of hydrogen-bond acceptors (Lipinski definition) is 4. The van der Waals surface area contributed by atoms with Crippen LogP contribution in [0.2, 0.25) is 0 Å². The summed E-state index contributed by atoms with van der Waals surface area (Å²) < 4.78 is 7.03. The first-order chi connectivity index (χ1) is 16.0. The Morgan fingerprint density at radius 1 is 0.939 bits per heavy atom. The molecule has 0 aliphatic heterocycles. The Hall–Kier alpha value is -4.13. The molecular weight excluding hydrogens is 418 g/mol. The molecule has 0 unspecified atom stereocenters.